The fourth-order valence-corrected chi connectivity index (χ4v) is 2.35. The Morgan fingerprint density at radius 2 is 2.16 bits per heavy atom. The zero-order valence-electron chi connectivity index (χ0n) is 11.9. The molecule has 1 amide bonds. The van der Waals surface area contributed by atoms with Gasteiger partial charge in [0.05, 0.1) is 11.7 Å². The minimum absolute atomic E-state index is 0.0385. The van der Waals surface area contributed by atoms with E-state index < -0.39 is 0 Å². The second kappa shape index (κ2) is 6.12. The first-order valence-electron chi connectivity index (χ1n) is 6.74. The molecule has 1 fully saturated rings. The van der Waals surface area contributed by atoms with Gasteiger partial charge in [0.25, 0.3) is 5.91 Å². The molecule has 1 N–H and O–H groups in total. The minimum Gasteiger partial charge on any atom is -0.326 e. The van der Waals surface area contributed by atoms with Gasteiger partial charge in [-0.25, -0.2) is 0 Å². The van der Waals surface area contributed by atoms with E-state index in [1.54, 1.807) is 17.3 Å². The van der Waals surface area contributed by atoms with E-state index in [1.165, 1.54) is 0 Å². The summed E-state index contributed by atoms with van der Waals surface area (Å²) in [7, 11) is 1.86. The zero-order valence-corrected chi connectivity index (χ0v) is 11.9. The Morgan fingerprint density at radius 1 is 1.47 bits per heavy atom. The molecule has 1 aliphatic rings. The summed E-state index contributed by atoms with van der Waals surface area (Å²) < 4.78 is 0. The number of carbonyl (C=O) groups is 1. The molecule has 19 heavy (non-hydrogen) atoms. The number of rotatable bonds is 3. The predicted octanol–water partition coefficient (Wildman–Crippen LogP) is 0.713. The number of amides is 1. The van der Waals surface area contributed by atoms with Gasteiger partial charge in [-0.1, -0.05) is 0 Å². The lowest BCUT2D eigenvalue weighted by Gasteiger charge is -2.38. The molecular weight excluding hydrogens is 240 g/mol. The van der Waals surface area contributed by atoms with E-state index in [4.69, 9.17) is 0 Å². The molecule has 5 heteroatoms. The van der Waals surface area contributed by atoms with Crippen molar-refractivity contribution in [1.82, 2.24) is 20.1 Å². The van der Waals surface area contributed by atoms with Crippen LogP contribution in [0, 0.1) is 6.92 Å². The summed E-state index contributed by atoms with van der Waals surface area (Å²) in [6.45, 7) is 7.94. The summed E-state index contributed by atoms with van der Waals surface area (Å²) in [5.74, 6) is 0.0385. The topological polar surface area (TPSA) is 48.5 Å². The van der Waals surface area contributed by atoms with E-state index in [1.807, 2.05) is 20.0 Å². The molecule has 0 spiro atoms. The highest BCUT2D eigenvalue weighted by atomic mass is 16.2. The Bertz CT molecular complexity index is 443. The first-order chi connectivity index (χ1) is 9.11. The van der Waals surface area contributed by atoms with Gasteiger partial charge >= 0.3 is 0 Å². The van der Waals surface area contributed by atoms with Crippen LogP contribution in [0.2, 0.25) is 0 Å². The van der Waals surface area contributed by atoms with E-state index in [9.17, 15) is 4.79 Å². The molecule has 1 atom stereocenters. The number of nitrogens with zero attached hydrogens (tertiary/aromatic N) is 3. The van der Waals surface area contributed by atoms with Gasteiger partial charge in [-0.2, -0.15) is 0 Å². The third-order valence-corrected chi connectivity index (χ3v) is 3.83. The Hall–Kier alpha value is -1.46. The molecule has 104 valence electrons. The summed E-state index contributed by atoms with van der Waals surface area (Å²) in [4.78, 5) is 20.7. The number of hydrogen-bond donors (Lipinski definition) is 1. The van der Waals surface area contributed by atoms with Crippen LogP contribution >= 0.6 is 0 Å². The van der Waals surface area contributed by atoms with Crippen LogP contribution < -0.4 is 5.32 Å². The van der Waals surface area contributed by atoms with Gasteiger partial charge in [0.2, 0.25) is 0 Å². The number of aryl methyl sites for hydroxylation is 1. The Balaban J connectivity index is 2.08. The maximum atomic E-state index is 12.5. The molecular formula is C14H22N4O. The number of carbonyl (C=O) groups excluding carboxylic acids is 1. The molecule has 0 saturated carbocycles. The molecule has 0 aliphatic carbocycles. The summed E-state index contributed by atoms with van der Waals surface area (Å²) in [6, 6.07) is 1.87. The first-order valence-corrected chi connectivity index (χ1v) is 6.74. The average Bonchev–Trinajstić information content (AvgIpc) is 2.46. The quantitative estimate of drug-likeness (QED) is 0.872. The molecule has 1 aliphatic heterocycles. The summed E-state index contributed by atoms with van der Waals surface area (Å²) >= 11 is 0. The summed E-state index contributed by atoms with van der Waals surface area (Å²) in [5.41, 5.74) is 1.66. The molecule has 0 bridgehead atoms. The lowest BCUT2D eigenvalue weighted by Crippen LogP contribution is -2.54. The van der Waals surface area contributed by atoms with E-state index >= 15 is 0 Å². The maximum Gasteiger partial charge on any atom is 0.256 e. The van der Waals surface area contributed by atoms with Crippen LogP contribution in [0.3, 0.4) is 0 Å². The average molecular weight is 262 g/mol. The molecule has 2 rings (SSSR count). The highest BCUT2D eigenvalue weighted by Gasteiger charge is 2.24. The van der Waals surface area contributed by atoms with Crippen LogP contribution in [-0.4, -0.2) is 60.1 Å². The highest BCUT2D eigenvalue weighted by molar-refractivity contribution is 5.95. The van der Waals surface area contributed by atoms with Crippen molar-refractivity contribution in [3.8, 4) is 0 Å². The van der Waals surface area contributed by atoms with Crippen LogP contribution in [0.4, 0.5) is 0 Å². The van der Waals surface area contributed by atoms with Crippen LogP contribution in [-0.2, 0) is 0 Å². The monoisotopic (exact) mass is 262 g/mol. The molecule has 1 unspecified atom stereocenters. The summed E-state index contributed by atoms with van der Waals surface area (Å²) in [5, 5.41) is 3.32. The van der Waals surface area contributed by atoms with Crippen LogP contribution in [0.1, 0.15) is 22.8 Å². The smallest absolute Gasteiger partial charge is 0.256 e. The predicted molar refractivity (Wildman–Crippen MR) is 75.0 cm³/mol. The largest absolute Gasteiger partial charge is 0.326 e. The van der Waals surface area contributed by atoms with Crippen molar-refractivity contribution in [3.63, 3.8) is 0 Å². The van der Waals surface area contributed by atoms with E-state index in [0.29, 0.717) is 5.56 Å². The van der Waals surface area contributed by atoms with E-state index in [-0.39, 0.29) is 12.1 Å². The standard InChI is InChI=1S/C14H22N4O/c1-11-4-5-16-10-13(11)14(19)17(3)12(2)18-8-6-15-7-9-18/h4-5,10,12,15H,6-9H2,1-3H3. The molecule has 0 aromatic carbocycles. The molecule has 1 aromatic heterocycles. The second-order valence-corrected chi connectivity index (χ2v) is 5.02. The van der Waals surface area contributed by atoms with Gasteiger partial charge in [0.15, 0.2) is 0 Å². The van der Waals surface area contributed by atoms with Gasteiger partial charge in [0.1, 0.15) is 0 Å². The van der Waals surface area contributed by atoms with Crippen molar-refractivity contribution < 1.29 is 4.79 Å². The fourth-order valence-electron chi connectivity index (χ4n) is 2.35. The van der Waals surface area contributed by atoms with Gasteiger partial charge in [-0.05, 0) is 25.5 Å². The van der Waals surface area contributed by atoms with Gasteiger partial charge in [0, 0.05) is 45.6 Å². The van der Waals surface area contributed by atoms with Gasteiger partial charge in [-0.3, -0.25) is 14.7 Å². The van der Waals surface area contributed by atoms with Crippen molar-refractivity contribution in [3.05, 3.63) is 29.6 Å². The van der Waals surface area contributed by atoms with Crippen molar-refractivity contribution in [1.29, 1.82) is 0 Å². The third-order valence-electron chi connectivity index (χ3n) is 3.83. The second-order valence-electron chi connectivity index (χ2n) is 5.02. The molecule has 0 radical (unpaired) electrons. The Morgan fingerprint density at radius 3 is 2.79 bits per heavy atom. The SMILES string of the molecule is Cc1ccncc1C(=O)N(C)C(C)N1CCNCC1. The van der Waals surface area contributed by atoms with Gasteiger partial charge in [-0.15, -0.1) is 0 Å². The lowest BCUT2D eigenvalue weighted by molar-refractivity contribution is 0.0428. The maximum absolute atomic E-state index is 12.5. The van der Waals surface area contributed by atoms with Crippen molar-refractivity contribution >= 4 is 5.91 Å². The highest BCUT2D eigenvalue weighted by Crippen LogP contribution is 2.12. The number of nitrogens with one attached hydrogen (secondary N) is 1. The molecule has 1 aromatic rings. The zero-order chi connectivity index (χ0) is 13.8. The first kappa shape index (κ1) is 14.0. The molecule has 5 nitrogen and oxygen atoms in total. The summed E-state index contributed by atoms with van der Waals surface area (Å²) in [6.07, 6.45) is 3.47. The number of hydrogen-bond acceptors (Lipinski definition) is 4. The lowest BCUT2D eigenvalue weighted by atomic mass is 10.1. The number of piperazine rings is 1. The number of aromatic nitrogens is 1. The Kier molecular flexibility index (Phi) is 4.50. The van der Waals surface area contributed by atoms with E-state index in [2.05, 4.69) is 22.1 Å². The fraction of sp³-hybridized carbons (Fsp3) is 0.571. The Labute approximate surface area is 114 Å². The van der Waals surface area contributed by atoms with Crippen LogP contribution in [0.5, 0.6) is 0 Å². The van der Waals surface area contributed by atoms with E-state index in [0.717, 1.165) is 31.7 Å². The number of pyridine rings is 1. The van der Waals surface area contributed by atoms with Gasteiger partial charge < -0.3 is 10.2 Å². The van der Waals surface area contributed by atoms with Crippen molar-refractivity contribution in [2.45, 2.75) is 20.0 Å². The van der Waals surface area contributed by atoms with Crippen molar-refractivity contribution in [2.24, 2.45) is 0 Å². The van der Waals surface area contributed by atoms with Crippen LogP contribution in [0.25, 0.3) is 0 Å². The normalized spacial score (nSPS) is 18.1. The minimum atomic E-state index is 0.0385. The van der Waals surface area contributed by atoms with Crippen LogP contribution in [0.15, 0.2) is 18.5 Å². The molecule has 1 saturated heterocycles. The third kappa shape index (κ3) is 3.11. The molecule has 2 heterocycles. The van der Waals surface area contributed by atoms with Crippen molar-refractivity contribution in [2.75, 3.05) is 33.2 Å².